The van der Waals surface area contributed by atoms with Crippen LogP contribution in [-0.4, -0.2) is 19.0 Å². The molecule has 0 bridgehead atoms. The Kier molecular flexibility index (Phi) is 5.14. The summed E-state index contributed by atoms with van der Waals surface area (Å²) in [7, 11) is 0. The summed E-state index contributed by atoms with van der Waals surface area (Å²) in [6.45, 7) is 3.60. The van der Waals surface area contributed by atoms with Crippen molar-refractivity contribution in [2.24, 2.45) is 5.92 Å². The minimum atomic E-state index is -4.48. The number of rotatable bonds is 3. The molecule has 1 aliphatic heterocycles. The van der Waals surface area contributed by atoms with Gasteiger partial charge in [0.1, 0.15) is 6.42 Å². The van der Waals surface area contributed by atoms with Crippen LogP contribution < -0.4 is 10.2 Å². The molecule has 1 saturated heterocycles. The van der Waals surface area contributed by atoms with Gasteiger partial charge in [0.2, 0.25) is 5.91 Å². The van der Waals surface area contributed by atoms with E-state index in [9.17, 15) is 18.0 Å². The van der Waals surface area contributed by atoms with Crippen LogP contribution in [-0.2, 0) is 11.0 Å². The summed E-state index contributed by atoms with van der Waals surface area (Å²) in [5.74, 6) is -0.0317. The number of anilines is 2. The molecular weight excluding hydrogens is 307 g/mol. The van der Waals surface area contributed by atoms with Gasteiger partial charge < -0.3 is 10.2 Å². The van der Waals surface area contributed by atoms with Crippen LogP contribution >= 0.6 is 0 Å². The number of nitrogens with one attached hydrogen (secondary N) is 1. The van der Waals surface area contributed by atoms with E-state index in [4.69, 9.17) is 5.26 Å². The Morgan fingerprint density at radius 3 is 2.61 bits per heavy atom. The van der Waals surface area contributed by atoms with Crippen LogP contribution in [0.5, 0.6) is 0 Å². The van der Waals surface area contributed by atoms with Crippen LogP contribution in [0.1, 0.15) is 31.7 Å². The maximum Gasteiger partial charge on any atom is 0.416 e. The average molecular weight is 325 g/mol. The highest BCUT2D eigenvalue weighted by molar-refractivity contribution is 5.95. The highest BCUT2D eigenvalue weighted by Gasteiger charge is 2.32. The number of hydrogen-bond acceptors (Lipinski definition) is 3. The highest BCUT2D eigenvalue weighted by Crippen LogP contribution is 2.36. The van der Waals surface area contributed by atoms with Gasteiger partial charge >= 0.3 is 6.18 Å². The number of halogens is 3. The van der Waals surface area contributed by atoms with E-state index in [1.807, 2.05) is 4.90 Å². The van der Waals surface area contributed by atoms with E-state index in [1.165, 1.54) is 6.07 Å². The molecule has 1 fully saturated rings. The number of hydrogen-bond donors (Lipinski definition) is 1. The van der Waals surface area contributed by atoms with Crippen LogP contribution in [0.15, 0.2) is 18.2 Å². The zero-order chi connectivity index (χ0) is 17.0. The minimum absolute atomic E-state index is 0.106. The molecule has 1 heterocycles. The van der Waals surface area contributed by atoms with Crippen molar-refractivity contribution in [2.75, 3.05) is 23.3 Å². The molecule has 0 saturated carbocycles. The van der Waals surface area contributed by atoms with Crippen LogP contribution in [0.4, 0.5) is 24.5 Å². The van der Waals surface area contributed by atoms with E-state index in [-0.39, 0.29) is 5.69 Å². The molecule has 0 unspecified atom stereocenters. The first-order valence-corrected chi connectivity index (χ1v) is 7.44. The van der Waals surface area contributed by atoms with Gasteiger partial charge in [-0.1, -0.05) is 6.92 Å². The number of nitriles is 1. The van der Waals surface area contributed by atoms with Gasteiger partial charge in [-0.05, 0) is 37.0 Å². The Morgan fingerprint density at radius 2 is 2.04 bits per heavy atom. The summed E-state index contributed by atoms with van der Waals surface area (Å²) in [5, 5.41) is 11.0. The number of piperidine rings is 1. The SMILES string of the molecule is CC1CCN(c2ccc(C(F)(F)F)cc2NC(=O)CC#N)CC1. The van der Waals surface area contributed by atoms with Gasteiger partial charge in [-0.15, -0.1) is 0 Å². The molecule has 1 aliphatic rings. The third-order valence-electron chi connectivity index (χ3n) is 3.96. The highest BCUT2D eigenvalue weighted by atomic mass is 19.4. The lowest BCUT2D eigenvalue weighted by atomic mass is 9.98. The second-order valence-corrected chi connectivity index (χ2v) is 5.78. The molecule has 124 valence electrons. The second kappa shape index (κ2) is 6.90. The Hall–Kier alpha value is -2.23. The molecular formula is C16H18F3N3O. The van der Waals surface area contributed by atoms with E-state index >= 15 is 0 Å². The summed E-state index contributed by atoms with van der Waals surface area (Å²) < 4.78 is 38.7. The quantitative estimate of drug-likeness (QED) is 0.920. The Labute approximate surface area is 132 Å². The van der Waals surface area contributed by atoms with Crippen LogP contribution in [0.3, 0.4) is 0 Å². The zero-order valence-electron chi connectivity index (χ0n) is 12.8. The number of nitrogens with zero attached hydrogens (tertiary/aromatic N) is 2. The summed E-state index contributed by atoms with van der Waals surface area (Å²) in [4.78, 5) is 13.6. The lowest BCUT2D eigenvalue weighted by molar-refractivity contribution is -0.137. The van der Waals surface area contributed by atoms with E-state index in [0.29, 0.717) is 11.6 Å². The fourth-order valence-electron chi connectivity index (χ4n) is 2.60. The molecule has 2 rings (SSSR count). The molecule has 4 nitrogen and oxygen atoms in total. The molecule has 1 amide bonds. The number of alkyl halides is 3. The van der Waals surface area contributed by atoms with Crippen LogP contribution in [0.2, 0.25) is 0 Å². The first kappa shape index (κ1) is 17.1. The number of carbonyl (C=O) groups excluding carboxylic acids is 1. The van der Waals surface area contributed by atoms with Gasteiger partial charge in [0.05, 0.1) is 23.0 Å². The standard InChI is InChI=1S/C16H18F3N3O/c1-11-5-8-22(9-6-11)14-3-2-12(16(17,18)19)10-13(14)21-15(23)4-7-20/h2-3,10-11H,4-6,8-9H2,1H3,(H,21,23). The van der Waals surface area contributed by atoms with Crippen molar-refractivity contribution < 1.29 is 18.0 Å². The molecule has 0 aliphatic carbocycles. The average Bonchev–Trinajstić information content (AvgIpc) is 2.47. The van der Waals surface area contributed by atoms with Gasteiger partial charge in [0.15, 0.2) is 0 Å². The number of amides is 1. The Morgan fingerprint density at radius 1 is 1.39 bits per heavy atom. The van der Waals surface area contributed by atoms with Gasteiger partial charge in [-0.2, -0.15) is 18.4 Å². The second-order valence-electron chi connectivity index (χ2n) is 5.78. The molecule has 0 radical (unpaired) electrons. The van der Waals surface area contributed by atoms with Crippen molar-refractivity contribution in [2.45, 2.75) is 32.4 Å². The maximum atomic E-state index is 12.9. The van der Waals surface area contributed by atoms with Gasteiger partial charge in [-0.25, -0.2) is 0 Å². The first-order valence-electron chi connectivity index (χ1n) is 7.44. The van der Waals surface area contributed by atoms with Crippen molar-refractivity contribution in [1.29, 1.82) is 5.26 Å². The van der Waals surface area contributed by atoms with E-state index in [0.717, 1.165) is 38.1 Å². The van der Waals surface area contributed by atoms with Gasteiger partial charge in [0, 0.05) is 13.1 Å². The molecule has 0 atom stereocenters. The van der Waals surface area contributed by atoms with Crippen LogP contribution in [0, 0.1) is 17.2 Å². The van der Waals surface area contributed by atoms with E-state index < -0.39 is 24.1 Å². The molecule has 1 aromatic carbocycles. The summed E-state index contributed by atoms with van der Waals surface area (Å²) in [6.07, 6.45) is -2.98. The molecule has 1 aromatic rings. The number of benzene rings is 1. The predicted octanol–water partition coefficient (Wildman–Crippen LogP) is 3.79. The van der Waals surface area contributed by atoms with Crippen molar-refractivity contribution in [3.8, 4) is 6.07 Å². The van der Waals surface area contributed by atoms with Gasteiger partial charge in [0.25, 0.3) is 0 Å². The minimum Gasteiger partial charge on any atom is -0.370 e. The van der Waals surface area contributed by atoms with Crippen molar-refractivity contribution in [3.63, 3.8) is 0 Å². The summed E-state index contributed by atoms with van der Waals surface area (Å²) in [6, 6.07) is 5.03. The molecule has 0 spiro atoms. The topological polar surface area (TPSA) is 56.1 Å². The predicted molar refractivity (Wildman–Crippen MR) is 80.9 cm³/mol. The smallest absolute Gasteiger partial charge is 0.370 e. The Bertz CT molecular complexity index is 614. The third-order valence-corrected chi connectivity index (χ3v) is 3.96. The Balaban J connectivity index is 2.32. The largest absolute Gasteiger partial charge is 0.416 e. The van der Waals surface area contributed by atoms with E-state index in [2.05, 4.69) is 12.2 Å². The van der Waals surface area contributed by atoms with Crippen LogP contribution in [0.25, 0.3) is 0 Å². The molecule has 7 heteroatoms. The monoisotopic (exact) mass is 325 g/mol. The van der Waals surface area contributed by atoms with Crippen molar-refractivity contribution >= 4 is 17.3 Å². The van der Waals surface area contributed by atoms with Gasteiger partial charge in [-0.3, -0.25) is 4.79 Å². The fourth-order valence-corrected chi connectivity index (χ4v) is 2.60. The lowest BCUT2D eigenvalue weighted by Crippen LogP contribution is -2.33. The fraction of sp³-hybridized carbons (Fsp3) is 0.500. The first-order chi connectivity index (χ1) is 10.8. The normalized spacial score (nSPS) is 16.0. The maximum absolute atomic E-state index is 12.9. The zero-order valence-corrected chi connectivity index (χ0v) is 12.8. The molecule has 0 aromatic heterocycles. The lowest BCUT2D eigenvalue weighted by Gasteiger charge is -2.33. The van der Waals surface area contributed by atoms with Crippen molar-refractivity contribution in [3.05, 3.63) is 23.8 Å². The third kappa shape index (κ3) is 4.38. The summed E-state index contributed by atoms with van der Waals surface area (Å²) >= 11 is 0. The summed E-state index contributed by atoms with van der Waals surface area (Å²) in [5.41, 5.74) is -0.148. The number of carbonyl (C=O) groups is 1. The molecule has 1 N–H and O–H groups in total. The van der Waals surface area contributed by atoms with E-state index in [1.54, 1.807) is 6.07 Å². The van der Waals surface area contributed by atoms with Crippen molar-refractivity contribution in [1.82, 2.24) is 0 Å². The molecule has 23 heavy (non-hydrogen) atoms.